The summed E-state index contributed by atoms with van der Waals surface area (Å²) in [5.41, 5.74) is 0. The number of nitrogens with zero attached hydrogens (tertiary/aromatic N) is 2. The van der Waals surface area contributed by atoms with Crippen molar-refractivity contribution in [2.24, 2.45) is 11.8 Å². The van der Waals surface area contributed by atoms with Crippen LogP contribution in [0.1, 0.15) is 40.0 Å². The summed E-state index contributed by atoms with van der Waals surface area (Å²) in [4.78, 5) is 27.3. The first-order valence-electron chi connectivity index (χ1n) is 8.65. The van der Waals surface area contributed by atoms with Gasteiger partial charge in [0.2, 0.25) is 5.91 Å². The molecule has 1 aliphatic rings. The molecule has 0 spiro atoms. The van der Waals surface area contributed by atoms with Crippen molar-refractivity contribution < 1.29 is 14.3 Å². The molecule has 1 aliphatic heterocycles. The van der Waals surface area contributed by atoms with Crippen molar-refractivity contribution in [3.8, 4) is 0 Å². The first kappa shape index (κ1) is 19.7. The Balaban J connectivity index is 2.18. The fraction of sp³-hybridized carbons (Fsp3) is 0.882. The molecule has 1 atom stereocenters. The number of hydrogen-bond acceptors (Lipinski definition) is 4. The zero-order valence-corrected chi connectivity index (χ0v) is 15.3. The van der Waals surface area contributed by atoms with E-state index >= 15 is 0 Å². The molecular formula is C17H33N3O3. The number of alkyl carbamates (subject to hydrolysis) is 1. The third kappa shape index (κ3) is 8.21. The lowest BCUT2D eigenvalue weighted by molar-refractivity contribution is -0.130. The summed E-state index contributed by atoms with van der Waals surface area (Å²) in [6.45, 7) is 9.12. The van der Waals surface area contributed by atoms with Gasteiger partial charge >= 0.3 is 6.09 Å². The van der Waals surface area contributed by atoms with Crippen LogP contribution in [-0.4, -0.2) is 68.2 Å². The van der Waals surface area contributed by atoms with Crippen LogP contribution < -0.4 is 5.32 Å². The summed E-state index contributed by atoms with van der Waals surface area (Å²) in [5.74, 6) is 1.13. The van der Waals surface area contributed by atoms with E-state index in [0.717, 1.165) is 32.4 Å². The summed E-state index contributed by atoms with van der Waals surface area (Å²) in [7, 11) is 3.57. The smallest absolute Gasteiger partial charge is 0.407 e. The van der Waals surface area contributed by atoms with E-state index in [2.05, 4.69) is 24.1 Å². The van der Waals surface area contributed by atoms with E-state index in [9.17, 15) is 9.59 Å². The Kier molecular flexibility index (Phi) is 8.37. The number of likely N-dealkylation sites (tertiary alicyclic amines) is 1. The van der Waals surface area contributed by atoms with Crippen LogP contribution in [0.4, 0.5) is 4.79 Å². The summed E-state index contributed by atoms with van der Waals surface area (Å²) >= 11 is 0. The molecule has 23 heavy (non-hydrogen) atoms. The number of amides is 2. The van der Waals surface area contributed by atoms with Crippen molar-refractivity contribution in [2.75, 3.05) is 40.3 Å². The van der Waals surface area contributed by atoms with Gasteiger partial charge in [0, 0.05) is 20.6 Å². The molecule has 1 N–H and O–H groups in total. The predicted molar refractivity (Wildman–Crippen MR) is 91.3 cm³/mol. The van der Waals surface area contributed by atoms with Crippen molar-refractivity contribution >= 4 is 12.0 Å². The second kappa shape index (κ2) is 9.75. The topological polar surface area (TPSA) is 61.9 Å². The highest BCUT2D eigenvalue weighted by molar-refractivity contribution is 5.77. The molecule has 0 bridgehead atoms. The Morgan fingerprint density at radius 2 is 1.83 bits per heavy atom. The molecule has 1 rings (SSSR count). The Labute approximate surface area is 140 Å². The minimum absolute atomic E-state index is 0.0473. The van der Waals surface area contributed by atoms with Gasteiger partial charge in [0.25, 0.3) is 0 Å². The van der Waals surface area contributed by atoms with Crippen LogP contribution in [0.2, 0.25) is 0 Å². The van der Waals surface area contributed by atoms with Crippen molar-refractivity contribution in [1.29, 1.82) is 0 Å². The molecular weight excluding hydrogens is 294 g/mol. The molecule has 0 aliphatic carbocycles. The molecule has 6 nitrogen and oxygen atoms in total. The Hall–Kier alpha value is -1.30. The van der Waals surface area contributed by atoms with Gasteiger partial charge in [-0.25, -0.2) is 4.79 Å². The van der Waals surface area contributed by atoms with E-state index in [-0.39, 0.29) is 18.1 Å². The van der Waals surface area contributed by atoms with Crippen LogP contribution in [0.15, 0.2) is 0 Å². The molecule has 0 aromatic carbocycles. The molecule has 134 valence electrons. The van der Waals surface area contributed by atoms with E-state index < -0.39 is 0 Å². The third-order valence-corrected chi connectivity index (χ3v) is 4.21. The average Bonchev–Trinajstić information content (AvgIpc) is 2.45. The standard InChI is InChI=1S/C17H33N3O3/c1-13(2)10-14(3)23-17(22)18-11-15-6-8-20(9-7-15)12-16(21)19(4)5/h13-15H,6-12H2,1-5H3,(H,18,22). The van der Waals surface area contributed by atoms with Gasteiger partial charge in [-0.15, -0.1) is 0 Å². The molecule has 0 aromatic heterocycles. The van der Waals surface area contributed by atoms with Crippen molar-refractivity contribution in [1.82, 2.24) is 15.1 Å². The largest absolute Gasteiger partial charge is 0.447 e. The first-order valence-corrected chi connectivity index (χ1v) is 8.65. The summed E-state index contributed by atoms with van der Waals surface area (Å²) in [6, 6.07) is 0. The van der Waals surface area contributed by atoms with Crippen LogP contribution >= 0.6 is 0 Å². The molecule has 0 radical (unpaired) electrons. The summed E-state index contributed by atoms with van der Waals surface area (Å²) in [5, 5.41) is 2.88. The maximum Gasteiger partial charge on any atom is 0.407 e. The first-order chi connectivity index (χ1) is 10.8. The fourth-order valence-electron chi connectivity index (χ4n) is 2.85. The molecule has 1 fully saturated rings. The second-order valence-electron chi connectivity index (χ2n) is 7.23. The normalized spacial score (nSPS) is 17.8. The summed E-state index contributed by atoms with van der Waals surface area (Å²) in [6.07, 6.45) is 2.52. The Morgan fingerprint density at radius 3 is 2.35 bits per heavy atom. The van der Waals surface area contributed by atoms with Gasteiger partial charge < -0.3 is 15.0 Å². The molecule has 0 saturated carbocycles. The lowest BCUT2D eigenvalue weighted by Gasteiger charge is -2.32. The van der Waals surface area contributed by atoms with Gasteiger partial charge in [0.1, 0.15) is 6.10 Å². The number of ether oxygens (including phenoxy) is 1. The number of carbonyl (C=O) groups excluding carboxylic acids is 2. The maximum absolute atomic E-state index is 11.8. The van der Waals surface area contributed by atoms with Gasteiger partial charge in [-0.1, -0.05) is 13.8 Å². The van der Waals surface area contributed by atoms with Crippen LogP contribution in [-0.2, 0) is 9.53 Å². The second-order valence-corrected chi connectivity index (χ2v) is 7.23. The van der Waals surface area contributed by atoms with E-state index in [1.807, 2.05) is 6.92 Å². The van der Waals surface area contributed by atoms with Crippen LogP contribution in [0, 0.1) is 11.8 Å². The van der Waals surface area contributed by atoms with E-state index in [1.165, 1.54) is 0 Å². The lowest BCUT2D eigenvalue weighted by atomic mass is 9.97. The van der Waals surface area contributed by atoms with Crippen molar-refractivity contribution in [2.45, 2.75) is 46.1 Å². The number of likely N-dealkylation sites (N-methyl/N-ethyl adjacent to an activating group) is 1. The highest BCUT2D eigenvalue weighted by Gasteiger charge is 2.22. The number of hydrogen-bond donors (Lipinski definition) is 1. The van der Waals surface area contributed by atoms with Crippen molar-refractivity contribution in [3.05, 3.63) is 0 Å². The number of piperidine rings is 1. The molecule has 0 aromatic rings. The van der Waals surface area contributed by atoms with Gasteiger partial charge in [-0.05, 0) is 51.1 Å². The SMILES string of the molecule is CC(C)CC(C)OC(=O)NCC1CCN(CC(=O)N(C)C)CC1. The minimum Gasteiger partial charge on any atom is -0.447 e. The van der Waals surface area contributed by atoms with Crippen LogP contribution in [0.5, 0.6) is 0 Å². The maximum atomic E-state index is 11.8. The van der Waals surface area contributed by atoms with Gasteiger partial charge in [-0.3, -0.25) is 9.69 Å². The fourth-order valence-corrected chi connectivity index (χ4v) is 2.85. The Morgan fingerprint density at radius 1 is 1.22 bits per heavy atom. The predicted octanol–water partition coefficient (Wildman–Crippen LogP) is 1.95. The quantitative estimate of drug-likeness (QED) is 0.776. The van der Waals surface area contributed by atoms with Crippen LogP contribution in [0.25, 0.3) is 0 Å². The van der Waals surface area contributed by atoms with E-state index in [0.29, 0.717) is 24.9 Å². The van der Waals surface area contributed by atoms with E-state index in [1.54, 1.807) is 19.0 Å². The summed E-state index contributed by atoms with van der Waals surface area (Å²) < 4.78 is 5.34. The molecule has 6 heteroatoms. The monoisotopic (exact) mass is 327 g/mol. The number of rotatable bonds is 7. The average molecular weight is 327 g/mol. The highest BCUT2D eigenvalue weighted by atomic mass is 16.6. The van der Waals surface area contributed by atoms with Crippen LogP contribution in [0.3, 0.4) is 0 Å². The van der Waals surface area contributed by atoms with Gasteiger partial charge in [0.05, 0.1) is 6.54 Å². The zero-order chi connectivity index (χ0) is 17.4. The minimum atomic E-state index is -0.316. The van der Waals surface area contributed by atoms with Gasteiger partial charge in [0.15, 0.2) is 0 Å². The van der Waals surface area contributed by atoms with Gasteiger partial charge in [-0.2, -0.15) is 0 Å². The van der Waals surface area contributed by atoms with Crippen molar-refractivity contribution in [3.63, 3.8) is 0 Å². The number of carbonyl (C=O) groups is 2. The highest BCUT2D eigenvalue weighted by Crippen LogP contribution is 2.16. The lowest BCUT2D eigenvalue weighted by Crippen LogP contribution is -2.43. The number of nitrogens with one attached hydrogen (secondary N) is 1. The molecule has 2 amide bonds. The zero-order valence-electron chi connectivity index (χ0n) is 15.3. The third-order valence-electron chi connectivity index (χ3n) is 4.21. The molecule has 1 heterocycles. The van der Waals surface area contributed by atoms with E-state index in [4.69, 9.17) is 4.74 Å². The molecule has 1 saturated heterocycles. The molecule has 1 unspecified atom stereocenters. The Bertz CT molecular complexity index is 377.